The second-order valence-electron chi connectivity index (χ2n) is 7.74. The molecule has 0 aliphatic heterocycles. The van der Waals surface area contributed by atoms with Crippen LogP contribution >= 0.6 is 0 Å². The second-order valence-corrected chi connectivity index (χ2v) is 7.74. The Hall–Kier alpha value is -2.66. The van der Waals surface area contributed by atoms with Crippen molar-refractivity contribution >= 4 is 5.91 Å². The Morgan fingerprint density at radius 3 is 2.26 bits per heavy atom. The molecule has 7 nitrogen and oxygen atoms in total. The Morgan fingerprint density at radius 2 is 1.68 bits per heavy atom. The molecule has 1 amide bonds. The van der Waals surface area contributed by atoms with E-state index >= 15 is 0 Å². The third kappa shape index (κ3) is 7.98. The lowest BCUT2D eigenvalue weighted by Crippen LogP contribution is -2.62. The fourth-order valence-electron chi connectivity index (χ4n) is 3.09. The minimum Gasteiger partial charge on any atom is -0.497 e. The van der Waals surface area contributed by atoms with Gasteiger partial charge in [0.05, 0.1) is 33.0 Å². The zero-order chi connectivity index (χ0) is 25.0. The molecule has 1 unspecified atom stereocenters. The van der Waals surface area contributed by atoms with Gasteiger partial charge in [0.1, 0.15) is 5.75 Å². The van der Waals surface area contributed by atoms with Crippen molar-refractivity contribution in [2.24, 2.45) is 5.84 Å². The third-order valence-electron chi connectivity index (χ3n) is 5.18. The molecule has 2 atom stereocenters. The molecule has 0 aliphatic rings. The van der Waals surface area contributed by atoms with Crippen molar-refractivity contribution in [1.82, 2.24) is 5.43 Å². The number of methoxy groups -OCH3 is 1. The zero-order valence-corrected chi connectivity index (χ0v) is 19.3. The smallest absolute Gasteiger partial charge is 0.429 e. The number of nitrogens with two attached hydrogens (primary N) is 1. The number of alkyl halides is 3. The van der Waals surface area contributed by atoms with Crippen LogP contribution in [0.4, 0.5) is 13.2 Å². The molecule has 0 spiro atoms. The minimum absolute atomic E-state index is 0.0133. The summed E-state index contributed by atoms with van der Waals surface area (Å²) in [7, 11) is 1.59. The van der Waals surface area contributed by atoms with Gasteiger partial charge in [-0.1, -0.05) is 42.5 Å². The molecular weight excluding hydrogens is 453 g/mol. The molecule has 34 heavy (non-hydrogen) atoms. The molecule has 2 aromatic rings. The first-order chi connectivity index (χ1) is 16.2. The van der Waals surface area contributed by atoms with Crippen molar-refractivity contribution in [1.29, 1.82) is 0 Å². The van der Waals surface area contributed by atoms with Gasteiger partial charge in [-0.05, 0) is 43.0 Å². The van der Waals surface area contributed by atoms with E-state index in [4.69, 9.17) is 24.8 Å². The summed E-state index contributed by atoms with van der Waals surface area (Å²) >= 11 is 0. The highest BCUT2D eigenvalue weighted by Gasteiger charge is 2.62. The summed E-state index contributed by atoms with van der Waals surface area (Å²) in [6.45, 7) is 0.795. The number of hydrazine groups is 1. The van der Waals surface area contributed by atoms with Gasteiger partial charge in [-0.2, -0.15) is 13.2 Å². The van der Waals surface area contributed by atoms with Crippen LogP contribution in [-0.2, 0) is 32.2 Å². The maximum atomic E-state index is 13.9. The van der Waals surface area contributed by atoms with Gasteiger partial charge >= 0.3 is 6.18 Å². The molecule has 0 aliphatic carbocycles. The van der Waals surface area contributed by atoms with Crippen LogP contribution in [0.1, 0.15) is 30.9 Å². The Kier molecular flexibility index (Phi) is 10.8. The van der Waals surface area contributed by atoms with Crippen LogP contribution in [0, 0.1) is 0 Å². The summed E-state index contributed by atoms with van der Waals surface area (Å²) < 4.78 is 62.9. The fraction of sp³-hybridized carbons (Fsp3) is 0.458. The van der Waals surface area contributed by atoms with Gasteiger partial charge in [0.2, 0.25) is 0 Å². The van der Waals surface area contributed by atoms with Crippen molar-refractivity contribution in [3.05, 3.63) is 65.7 Å². The zero-order valence-electron chi connectivity index (χ0n) is 19.3. The van der Waals surface area contributed by atoms with Crippen LogP contribution < -0.4 is 16.0 Å². The number of carbonyl (C=O) groups is 1. The van der Waals surface area contributed by atoms with Crippen molar-refractivity contribution in [2.75, 3.05) is 20.3 Å². The molecule has 188 valence electrons. The van der Waals surface area contributed by atoms with E-state index in [1.54, 1.807) is 42.9 Å². The molecule has 2 aromatic carbocycles. The first-order valence-corrected chi connectivity index (χ1v) is 10.8. The van der Waals surface area contributed by atoms with Gasteiger partial charge < -0.3 is 18.9 Å². The number of ether oxygens (including phenoxy) is 4. The average molecular weight is 485 g/mol. The lowest BCUT2D eigenvalue weighted by molar-refractivity contribution is -0.283. The predicted molar refractivity (Wildman–Crippen MR) is 120 cm³/mol. The highest BCUT2D eigenvalue weighted by molar-refractivity contribution is 5.86. The van der Waals surface area contributed by atoms with E-state index in [1.807, 2.05) is 31.2 Å². The summed E-state index contributed by atoms with van der Waals surface area (Å²) in [4.78, 5) is 12.1. The molecule has 0 saturated carbocycles. The number of carbonyl (C=O) groups excluding carboxylic acids is 1. The molecule has 0 fully saturated rings. The molecule has 0 bridgehead atoms. The lowest BCUT2D eigenvalue weighted by Gasteiger charge is -2.33. The molecular formula is C24H31F3N2O5. The Bertz CT molecular complexity index is 865. The Labute approximate surface area is 197 Å². The number of amides is 1. The van der Waals surface area contributed by atoms with Gasteiger partial charge in [0.25, 0.3) is 11.5 Å². The summed E-state index contributed by atoms with van der Waals surface area (Å²) in [5, 5.41) is 0. The minimum atomic E-state index is -5.04. The Balaban J connectivity index is 1.84. The maximum Gasteiger partial charge on any atom is 0.429 e. The van der Waals surface area contributed by atoms with Gasteiger partial charge in [-0.15, -0.1) is 0 Å². The van der Waals surface area contributed by atoms with Crippen LogP contribution in [0.15, 0.2) is 54.6 Å². The van der Waals surface area contributed by atoms with E-state index in [0.29, 0.717) is 25.0 Å². The molecule has 3 N–H and O–H groups in total. The van der Waals surface area contributed by atoms with Crippen LogP contribution in [0.5, 0.6) is 5.75 Å². The highest BCUT2D eigenvalue weighted by atomic mass is 19.4. The molecule has 10 heteroatoms. The topological polar surface area (TPSA) is 92.0 Å². The molecule has 2 rings (SSSR count). The number of benzene rings is 2. The number of halogens is 3. The summed E-state index contributed by atoms with van der Waals surface area (Å²) in [6, 6.07) is 15.7. The SMILES string of the molecule is COc1ccc(CO[C@@H](C)CCCOCC(OCc2ccccc2)(C(=O)NN)C(F)(F)F)cc1. The van der Waals surface area contributed by atoms with Gasteiger partial charge in [0, 0.05) is 6.61 Å². The van der Waals surface area contributed by atoms with E-state index in [0.717, 1.165) is 11.3 Å². The van der Waals surface area contributed by atoms with Crippen LogP contribution in [0.3, 0.4) is 0 Å². The van der Waals surface area contributed by atoms with E-state index in [1.165, 1.54) is 0 Å². The maximum absolute atomic E-state index is 13.9. The number of hydrogen-bond acceptors (Lipinski definition) is 6. The van der Waals surface area contributed by atoms with Gasteiger partial charge in [-0.3, -0.25) is 10.2 Å². The largest absolute Gasteiger partial charge is 0.497 e. The van der Waals surface area contributed by atoms with Gasteiger partial charge in [-0.25, -0.2) is 5.84 Å². The Morgan fingerprint density at radius 1 is 1.03 bits per heavy atom. The van der Waals surface area contributed by atoms with E-state index < -0.39 is 30.9 Å². The van der Waals surface area contributed by atoms with Crippen LogP contribution in [0.25, 0.3) is 0 Å². The number of nitrogens with one attached hydrogen (secondary N) is 1. The molecule has 0 aromatic heterocycles. The normalized spacial score (nSPS) is 14.3. The lowest BCUT2D eigenvalue weighted by atomic mass is 10.0. The van der Waals surface area contributed by atoms with Crippen LogP contribution in [-0.4, -0.2) is 44.1 Å². The summed E-state index contributed by atoms with van der Waals surface area (Å²) in [5.41, 5.74) is -0.223. The number of hydrogen-bond donors (Lipinski definition) is 2. The van der Waals surface area contributed by atoms with E-state index in [2.05, 4.69) is 0 Å². The first-order valence-electron chi connectivity index (χ1n) is 10.8. The standard InChI is InChI=1S/C24H31F3N2O5/c1-18(33-15-20-10-12-21(31-2)13-11-20)7-6-14-32-17-23(22(30)29-28,24(25,26)27)34-16-19-8-4-3-5-9-19/h3-5,8-13,18H,6-7,14-17,28H2,1-2H3,(H,29,30)/t18-,23?/m0/s1. The van der Waals surface area contributed by atoms with Crippen LogP contribution in [0.2, 0.25) is 0 Å². The van der Waals surface area contributed by atoms with E-state index in [-0.39, 0.29) is 12.7 Å². The third-order valence-corrected chi connectivity index (χ3v) is 5.18. The molecule has 0 radical (unpaired) electrons. The summed E-state index contributed by atoms with van der Waals surface area (Å²) in [6.07, 6.45) is -4.19. The first kappa shape index (κ1) is 27.6. The van der Waals surface area contributed by atoms with Crippen molar-refractivity contribution in [3.8, 4) is 5.75 Å². The molecule has 0 saturated heterocycles. The van der Waals surface area contributed by atoms with Crippen molar-refractivity contribution in [3.63, 3.8) is 0 Å². The fourth-order valence-corrected chi connectivity index (χ4v) is 3.09. The molecule has 0 heterocycles. The monoisotopic (exact) mass is 484 g/mol. The van der Waals surface area contributed by atoms with Crippen molar-refractivity contribution < 1.29 is 36.9 Å². The van der Waals surface area contributed by atoms with E-state index in [9.17, 15) is 18.0 Å². The quantitative estimate of drug-likeness (QED) is 0.183. The van der Waals surface area contributed by atoms with Crippen molar-refractivity contribution in [2.45, 2.75) is 50.9 Å². The predicted octanol–water partition coefficient (Wildman–Crippen LogP) is 3.90. The highest BCUT2D eigenvalue weighted by Crippen LogP contribution is 2.35. The van der Waals surface area contributed by atoms with Gasteiger partial charge in [0.15, 0.2) is 0 Å². The average Bonchev–Trinajstić information content (AvgIpc) is 2.84. The second kappa shape index (κ2) is 13.3. The summed E-state index contributed by atoms with van der Waals surface area (Å²) in [5.74, 6) is 4.26. The number of rotatable bonds is 14.